The number of anilines is 1. The Bertz CT molecular complexity index is 659. The van der Waals surface area contributed by atoms with Crippen LogP contribution in [0.15, 0.2) is 46.9 Å². The van der Waals surface area contributed by atoms with E-state index in [2.05, 4.69) is 28.2 Å². The largest absolute Gasteiger partial charge is 0.494 e. The van der Waals surface area contributed by atoms with Crippen molar-refractivity contribution >= 4 is 27.5 Å². The molecule has 0 saturated carbocycles. The van der Waals surface area contributed by atoms with Gasteiger partial charge >= 0.3 is 0 Å². The molecule has 0 fully saturated rings. The number of rotatable bonds is 7. The Morgan fingerprint density at radius 2 is 1.96 bits per heavy atom. The molecule has 0 heterocycles. The SMILES string of the molecule is CCc1ccc(OCCCC(=O)Nc2ccc(Br)cc2F)cc1. The van der Waals surface area contributed by atoms with Gasteiger partial charge in [-0.1, -0.05) is 35.0 Å². The van der Waals surface area contributed by atoms with Crippen molar-refractivity contribution in [3.05, 3.63) is 58.3 Å². The lowest BCUT2D eigenvalue weighted by Gasteiger charge is -2.08. The van der Waals surface area contributed by atoms with Crippen molar-refractivity contribution in [3.63, 3.8) is 0 Å². The van der Waals surface area contributed by atoms with Gasteiger partial charge in [-0.3, -0.25) is 4.79 Å². The molecule has 2 aromatic rings. The second-order valence-electron chi connectivity index (χ2n) is 5.12. The molecule has 0 aromatic heterocycles. The lowest BCUT2D eigenvalue weighted by molar-refractivity contribution is -0.116. The molecule has 1 amide bonds. The Morgan fingerprint density at radius 1 is 1.22 bits per heavy atom. The van der Waals surface area contributed by atoms with Gasteiger partial charge in [-0.25, -0.2) is 4.39 Å². The van der Waals surface area contributed by atoms with Crippen LogP contribution in [0.2, 0.25) is 0 Å². The standard InChI is InChI=1S/C18H19BrFNO2/c1-2-13-5-8-15(9-6-13)23-11-3-4-18(22)21-17-10-7-14(19)12-16(17)20/h5-10,12H,2-4,11H2,1H3,(H,21,22). The van der Waals surface area contributed by atoms with Crippen molar-refractivity contribution in [2.24, 2.45) is 0 Å². The van der Waals surface area contributed by atoms with E-state index in [9.17, 15) is 9.18 Å². The van der Waals surface area contributed by atoms with E-state index in [4.69, 9.17) is 4.74 Å². The summed E-state index contributed by atoms with van der Waals surface area (Å²) in [6, 6.07) is 12.4. The monoisotopic (exact) mass is 379 g/mol. The van der Waals surface area contributed by atoms with Crippen LogP contribution in [-0.2, 0) is 11.2 Å². The van der Waals surface area contributed by atoms with Gasteiger partial charge in [0.2, 0.25) is 5.91 Å². The van der Waals surface area contributed by atoms with E-state index in [-0.39, 0.29) is 18.0 Å². The minimum atomic E-state index is -0.458. The first-order valence-electron chi connectivity index (χ1n) is 7.55. The summed E-state index contributed by atoms with van der Waals surface area (Å²) in [7, 11) is 0. The minimum absolute atomic E-state index is 0.189. The maximum Gasteiger partial charge on any atom is 0.224 e. The van der Waals surface area contributed by atoms with Gasteiger partial charge < -0.3 is 10.1 Å². The highest BCUT2D eigenvalue weighted by molar-refractivity contribution is 9.10. The maximum atomic E-state index is 13.6. The number of ether oxygens (including phenoxy) is 1. The molecule has 0 bridgehead atoms. The zero-order valence-electron chi connectivity index (χ0n) is 12.9. The average Bonchev–Trinajstić information content (AvgIpc) is 2.55. The molecule has 122 valence electrons. The Labute approximate surface area is 144 Å². The van der Waals surface area contributed by atoms with Crippen LogP contribution in [0.3, 0.4) is 0 Å². The number of hydrogen-bond acceptors (Lipinski definition) is 2. The molecule has 0 unspecified atom stereocenters. The molecule has 0 spiro atoms. The summed E-state index contributed by atoms with van der Waals surface area (Å²) in [6.07, 6.45) is 1.84. The smallest absolute Gasteiger partial charge is 0.224 e. The summed E-state index contributed by atoms with van der Waals surface area (Å²) in [5, 5.41) is 2.56. The van der Waals surface area contributed by atoms with Gasteiger partial charge in [-0.2, -0.15) is 0 Å². The van der Waals surface area contributed by atoms with E-state index >= 15 is 0 Å². The second-order valence-corrected chi connectivity index (χ2v) is 6.04. The highest BCUT2D eigenvalue weighted by atomic mass is 79.9. The van der Waals surface area contributed by atoms with Crippen LogP contribution < -0.4 is 10.1 Å². The van der Waals surface area contributed by atoms with Crippen LogP contribution in [0.4, 0.5) is 10.1 Å². The fourth-order valence-corrected chi connectivity index (χ4v) is 2.38. The topological polar surface area (TPSA) is 38.3 Å². The Kier molecular flexibility index (Phi) is 6.59. The molecule has 0 aliphatic rings. The number of aryl methyl sites for hydroxylation is 1. The number of hydrogen-bond donors (Lipinski definition) is 1. The van der Waals surface area contributed by atoms with E-state index in [1.54, 1.807) is 6.07 Å². The molecule has 0 saturated heterocycles. The lowest BCUT2D eigenvalue weighted by Crippen LogP contribution is -2.13. The van der Waals surface area contributed by atoms with E-state index in [1.165, 1.54) is 17.7 Å². The predicted molar refractivity (Wildman–Crippen MR) is 93.3 cm³/mol. The number of halogens is 2. The third-order valence-electron chi connectivity index (χ3n) is 3.35. The molecular weight excluding hydrogens is 361 g/mol. The summed E-state index contributed by atoms with van der Waals surface area (Å²) in [4.78, 5) is 11.8. The fraction of sp³-hybridized carbons (Fsp3) is 0.278. The van der Waals surface area contributed by atoms with Gasteiger partial charge in [-0.05, 0) is 48.7 Å². The number of nitrogens with one attached hydrogen (secondary N) is 1. The lowest BCUT2D eigenvalue weighted by atomic mass is 10.2. The van der Waals surface area contributed by atoms with Crippen molar-refractivity contribution in [3.8, 4) is 5.75 Å². The van der Waals surface area contributed by atoms with Crippen LogP contribution in [0.1, 0.15) is 25.3 Å². The van der Waals surface area contributed by atoms with E-state index < -0.39 is 5.82 Å². The molecule has 0 aliphatic carbocycles. The van der Waals surface area contributed by atoms with Crippen LogP contribution in [0.25, 0.3) is 0 Å². The molecule has 2 aromatic carbocycles. The van der Waals surface area contributed by atoms with Crippen molar-refractivity contribution in [1.82, 2.24) is 0 Å². The Morgan fingerprint density at radius 3 is 2.61 bits per heavy atom. The summed E-state index contributed by atoms with van der Waals surface area (Å²) in [5.74, 6) is 0.109. The third kappa shape index (κ3) is 5.67. The van der Waals surface area contributed by atoms with Crippen LogP contribution in [0.5, 0.6) is 5.75 Å². The van der Waals surface area contributed by atoms with E-state index in [0.717, 1.165) is 12.2 Å². The molecule has 0 atom stereocenters. The number of carbonyl (C=O) groups excluding carboxylic acids is 1. The summed E-state index contributed by atoms with van der Waals surface area (Å²) in [6.45, 7) is 2.55. The van der Waals surface area contributed by atoms with Crippen LogP contribution in [-0.4, -0.2) is 12.5 Å². The number of amides is 1. The normalized spacial score (nSPS) is 10.4. The van der Waals surface area contributed by atoms with Crippen LogP contribution >= 0.6 is 15.9 Å². The van der Waals surface area contributed by atoms with Gasteiger partial charge in [0.05, 0.1) is 12.3 Å². The number of benzene rings is 2. The molecule has 0 aliphatic heterocycles. The summed E-state index contributed by atoms with van der Waals surface area (Å²) < 4.78 is 19.8. The summed E-state index contributed by atoms with van der Waals surface area (Å²) in [5.41, 5.74) is 1.45. The van der Waals surface area contributed by atoms with E-state index in [0.29, 0.717) is 17.5 Å². The van der Waals surface area contributed by atoms with Crippen molar-refractivity contribution < 1.29 is 13.9 Å². The zero-order chi connectivity index (χ0) is 16.7. The molecule has 23 heavy (non-hydrogen) atoms. The molecule has 0 radical (unpaired) electrons. The zero-order valence-corrected chi connectivity index (χ0v) is 14.5. The second kappa shape index (κ2) is 8.67. The summed E-state index contributed by atoms with van der Waals surface area (Å²) >= 11 is 3.18. The number of carbonyl (C=O) groups is 1. The van der Waals surface area contributed by atoms with Gasteiger partial charge in [0.1, 0.15) is 11.6 Å². The minimum Gasteiger partial charge on any atom is -0.494 e. The molecule has 3 nitrogen and oxygen atoms in total. The van der Waals surface area contributed by atoms with Gasteiger partial charge in [0, 0.05) is 10.9 Å². The average molecular weight is 380 g/mol. The Balaban J connectivity index is 1.72. The molecule has 2 rings (SSSR count). The fourth-order valence-electron chi connectivity index (χ4n) is 2.05. The first-order valence-corrected chi connectivity index (χ1v) is 8.34. The molecule has 1 N–H and O–H groups in total. The maximum absolute atomic E-state index is 13.6. The highest BCUT2D eigenvalue weighted by Crippen LogP contribution is 2.19. The van der Waals surface area contributed by atoms with Gasteiger partial charge in [-0.15, -0.1) is 0 Å². The molecular formula is C18H19BrFNO2. The van der Waals surface area contributed by atoms with Gasteiger partial charge in [0.25, 0.3) is 0 Å². The van der Waals surface area contributed by atoms with Crippen molar-refractivity contribution in [1.29, 1.82) is 0 Å². The van der Waals surface area contributed by atoms with E-state index in [1.807, 2.05) is 24.3 Å². The van der Waals surface area contributed by atoms with Crippen LogP contribution in [0, 0.1) is 5.82 Å². The predicted octanol–water partition coefficient (Wildman–Crippen LogP) is 4.95. The Hall–Kier alpha value is -1.88. The first-order chi connectivity index (χ1) is 11.1. The van der Waals surface area contributed by atoms with Crippen molar-refractivity contribution in [2.75, 3.05) is 11.9 Å². The van der Waals surface area contributed by atoms with Gasteiger partial charge in [0.15, 0.2) is 0 Å². The first kappa shape index (κ1) is 17.5. The molecule has 5 heteroatoms. The quantitative estimate of drug-likeness (QED) is 0.691. The third-order valence-corrected chi connectivity index (χ3v) is 3.85. The highest BCUT2D eigenvalue weighted by Gasteiger charge is 2.07. The van der Waals surface area contributed by atoms with Crippen molar-refractivity contribution in [2.45, 2.75) is 26.2 Å².